The van der Waals surface area contributed by atoms with E-state index in [1.165, 1.54) is 49.9 Å². The predicted molar refractivity (Wildman–Crippen MR) is 196 cm³/mol. The second-order valence-electron chi connectivity index (χ2n) is 12.1. The minimum absolute atomic E-state index is 0.0244. The first-order valence-electron chi connectivity index (χ1n) is 17.3. The predicted octanol–water partition coefficient (Wildman–Crippen LogP) is 8.95. The zero-order valence-electron chi connectivity index (χ0n) is 28.1. The fourth-order valence-electron chi connectivity index (χ4n) is 5.53. The molecule has 4 rings (SSSR count). The van der Waals surface area contributed by atoms with E-state index in [-0.39, 0.29) is 11.7 Å². The first kappa shape index (κ1) is 35.9. The van der Waals surface area contributed by atoms with E-state index in [9.17, 15) is 9.90 Å². The quantitative estimate of drug-likeness (QED) is 0.0514. The van der Waals surface area contributed by atoms with Gasteiger partial charge in [0.05, 0.1) is 18.1 Å². The van der Waals surface area contributed by atoms with E-state index < -0.39 is 0 Å². The van der Waals surface area contributed by atoms with Crippen molar-refractivity contribution in [3.05, 3.63) is 70.4 Å². The maximum Gasteiger partial charge on any atom is 0.246 e. The lowest BCUT2D eigenvalue weighted by Crippen LogP contribution is -2.48. The van der Waals surface area contributed by atoms with Crippen LogP contribution in [0.25, 0.3) is 6.08 Å². The molecule has 1 aliphatic rings. The smallest absolute Gasteiger partial charge is 0.246 e. The summed E-state index contributed by atoms with van der Waals surface area (Å²) >= 11 is 1.54. The third-order valence-electron chi connectivity index (χ3n) is 8.35. The number of amidine groups is 1. The van der Waals surface area contributed by atoms with Crippen LogP contribution in [0.2, 0.25) is 0 Å². The van der Waals surface area contributed by atoms with Gasteiger partial charge in [-0.15, -0.1) is 11.3 Å². The lowest BCUT2D eigenvalue weighted by atomic mass is 10.1. The van der Waals surface area contributed by atoms with Gasteiger partial charge in [-0.3, -0.25) is 10.2 Å². The van der Waals surface area contributed by atoms with Gasteiger partial charge in [0.25, 0.3) is 0 Å². The standard InChI is InChI=1S/C38H52N4O4S/c1-3-5-7-9-11-25-45-33-28-30(29-34(37(33)44)46-26-12-10-8-6-4-2)15-20-36(43)42-23-21-41(22-24-42)32-18-16-31(17-19-32)40-38(39)35-14-13-27-47-35/h13-20,27-29,44H,3-12,21-26H2,1-2H3,(H2,39,40)/b20-15+. The number of thiophene rings is 1. The summed E-state index contributed by atoms with van der Waals surface area (Å²) < 4.78 is 12.0. The highest BCUT2D eigenvalue weighted by atomic mass is 32.1. The zero-order valence-corrected chi connectivity index (χ0v) is 29.0. The Morgan fingerprint density at radius 2 is 1.47 bits per heavy atom. The molecule has 1 aromatic heterocycles. The van der Waals surface area contributed by atoms with E-state index in [0.717, 1.165) is 60.6 Å². The Morgan fingerprint density at radius 3 is 2.02 bits per heavy atom. The number of benzene rings is 2. The van der Waals surface area contributed by atoms with Crippen molar-refractivity contribution in [3.8, 4) is 17.2 Å². The van der Waals surface area contributed by atoms with Crippen LogP contribution in [0.3, 0.4) is 0 Å². The van der Waals surface area contributed by atoms with Crippen molar-refractivity contribution in [1.82, 2.24) is 4.90 Å². The van der Waals surface area contributed by atoms with Gasteiger partial charge in [-0.05, 0) is 72.3 Å². The van der Waals surface area contributed by atoms with E-state index in [2.05, 4.69) is 36.2 Å². The largest absolute Gasteiger partial charge is 0.502 e. The summed E-state index contributed by atoms with van der Waals surface area (Å²) in [4.78, 5) is 18.2. The molecule has 0 saturated carbocycles. The summed E-state index contributed by atoms with van der Waals surface area (Å²) in [5, 5.41) is 24.3. The SMILES string of the molecule is CCCCCCCOc1cc(/C=C/C(=O)N2CCN(c3ccc(NC(=N)c4cccs4)cc3)CC2)cc(OCCCCCCC)c1O. The highest BCUT2D eigenvalue weighted by Crippen LogP contribution is 2.38. The van der Waals surface area contributed by atoms with Gasteiger partial charge < -0.3 is 29.7 Å². The summed E-state index contributed by atoms with van der Waals surface area (Å²) in [5.74, 6) is 1.17. The number of carbonyl (C=O) groups is 1. The molecule has 254 valence electrons. The highest BCUT2D eigenvalue weighted by Gasteiger charge is 2.20. The number of unbranched alkanes of at least 4 members (excludes halogenated alkanes) is 8. The van der Waals surface area contributed by atoms with Crippen LogP contribution in [0.1, 0.15) is 88.5 Å². The molecule has 8 nitrogen and oxygen atoms in total. The molecular formula is C38H52N4O4S. The molecule has 0 spiro atoms. The number of amides is 1. The van der Waals surface area contributed by atoms with Crippen LogP contribution < -0.4 is 19.7 Å². The molecule has 9 heteroatoms. The van der Waals surface area contributed by atoms with E-state index in [4.69, 9.17) is 14.9 Å². The van der Waals surface area contributed by atoms with Crippen LogP contribution in [-0.4, -0.2) is 61.1 Å². The van der Waals surface area contributed by atoms with Crippen molar-refractivity contribution in [3.63, 3.8) is 0 Å². The fraction of sp³-hybridized carbons (Fsp3) is 0.474. The molecule has 1 saturated heterocycles. The average molecular weight is 661 g/mol. The third-order valence-corrected chi connectivity index (χ3v) is 9.24. The maximum atomic E-state index is 13.2. The molecule has 0 unspecified atom stereocenters. The lowest BCUT2D eigenvalue weighted by molar-refractivity contribution is -0.126. The first-order valence-corrected chi connectivity index (χ1v) is 18.2. The Labute approximate surface area is 284 Å². The molecule has 1 amide bonds. The molecule has 3 aromatic rings. The van der Waals surface area contributed by atoms with Crippen LogP contribution in [-0.2, 0) is 4.79 Å². The zero-order chi connectivity index (χ0) is 33.3. The van der Waals surface area contributed by atoms with Gasteiger partial charge in [-0.2, -0.15) is 0 Å². The monoisotopic (exact) mass is 660 g/mol. The van der Waals surface area contributed by atoms with Crippen molar-refractivity contribution in [2.75, 3.05) is 49.6 Å². The van der Waals surface area contributed by atoms with Gasteiger partial charge in [0.1, 0.15) is 5.84 Å². The summed E-state index contributed by atoms with van der Waals surface area (Å²) in [5.41, 5.74) is 2.74. The van der Waals surface area contributed by atoms with Crippen molar-refractivity contribution < 1.29 is 19.4 Å². The normalized spacial score (nSPS) is 13.2. The molecule has 47 heavy (non-hydrogen) atoms. The van der Waals surface area contributed by atoms with Crippen molar-refractivity contribution in [1.29, 1.82) is 5.41 Å². The minimum atomic E-state index is -0.0406. The number of aromatic hydroxyl groups is 1. The summed E-state index contributed by atoms with van der Waals surface area (Å²) in [7, 11) is 0. The number of rotatable bonds is 19. The molecule has 0 aliphatic carbocycles. The van der Waals surface area contributed by atoms with Crippen LogP contribution in [0.5, 0.6) is 17.2 Å². The number of nitrogens with zero attached hydrogens (tertiary/aromatic N) is 2. The first-order chi connectivity index (χ1) is 23.0. The summed E-state index contributed by atoms with van der Waals surface area (Å²) in [6.07, 6.45) is 14.6. The number of phenols is 1. The van der Waals surface area contributed by atoms with Gasteiger partial charge in [-0.1, -0.05) is 71.3 Å². The third kappa shape index (κ3) is 11.6. The van der Waals surface area contributed by atoms with Gasteiger partial charge in [-0.25, -0.2) is 0 Å². The number of ether oxygens (including phenoxy) is 2. The number of anilines is 2. The minimum Gasteiger partial charge on any atom is -0.502 e. The van der Waals surface area contributed by atoms with Crippen LogP contribution in [0.4, 0.5) is 11.4 Å². The number of phenolic OH excluding ortho intramolecular Hbond substituents is 1. The molecule has 0 bridgehead atoms. The van der Waals surface area contributed by atoms with E-state index in [1.807, 2.05) is 34.5 Å². The van der Waals surface area contributed by atoms with Gasteiger partial charge >= 0.3 is 0 Å². The molecule has 0 atom stereocenters. The van der Waals surface area contributed by atoms with Crippen LogP contribution >= 0.6 is 11.3 Å². The number of nitrogens with one attached hydrogen (secondary N) is 2. The fourth-order valence-corrected chi connectivity index (χ4v) is 6.16. The van der Waals surface area contributed by atoms with E-state index in [1.54, 1.807) is 24.3 Å². The maximum absolute atomic E-state index is 13.2. The molecule has 1 fully saturated rings. The number of hydrogen-bond acceptors (Lipinski definition) is 7. The lowest BCUT2D eigenvalue weighted by Gasteiger charge is -2.35. The molecule has 2 aromatic carbocycles. The number of piperazine rings is 1. The molecular weight excluding hydrogens is 609 g/mol. The average Bonchev–Trinajstić information content (AvgIpc) is 3.64. The number of hydrogen-bond donors (Lipinski definition) is 3. The molecule has 1 aliphatic heterocycles. The Hall–Kier alpha value is -3.98. The van der Waals surface area contributed by atoms with Crippen LogP contribution in [0, 0.1) is 5.41 Å². The van der Waals surface area contributed by atoms with E-state index >= 15 is 0 Å². The Balaban J connectivity index is 1.31. The van der Waals surface area contributed by atoms with Crippen molar-refractivity contribution in [2.24, 2.45) is 0 Å². The second kappa shape index (κ2) is 19.6. The van der Waals surface area contributed by atoms with Crippen LogP contribution in [0.15, 0.2) is 60.0 Å². The Bertz CT molecular complexity index is 1360. The Kier molecular flexibility index (Phi) is 15.0. The summed E-state index contributed by atoms with van der Waals surface area (Å²) in [6.45, 7) is 8.19. The number of carbonyl (C=O) groups excluding carboxylic acids is 1. The van der Waals surface area contributed by atoms with Gasteiger partial charge in [0, 0.05) is 43.6 Å². The highest BCUT2D eigenvalue weighted by molar-refractivity contribution is 7.12. The van der Waals surface area contributed by atoms with Crippen molar-refractivity contribution >= 4 is 40.5 Å². The molecule has 0 radical (unpaired) electrons. The topological polar surface area (TPSA) is 98.1 Å². The molecule has 2 heterocycles. The van der Waals surface area contributed by atoms with Gasteiger partial charge in [0.15, 0.2) is 11.5 Å². The van der Waals surface area contributed by atoms with E-state index in [0.29, 0.717) is 43.6 Å². The summed E-state index contributed by atoms with van der Waals surface area (Å²) in [6, 6.07) is 15.5. The van der Waals surface area contributed by atoms with Gasteiger partial charge in [0.2, 0.25) is 11.7 Å². The Morgan fingerprint density at radius 1 is 0.872 bits per heavy atom. The second-order valence-corrected chi connectivity index (χ2v) is 13.0. The molecule has 3 N–H and O–H groups in total. The van der Waals surface area contributed by atoms with Crippen molar-refractivity contribution in [2.45, 2.75) is 78.1 Å².